The summed E-state index contributed by atoms with van der Waals surface area (Å²) in [6.07, 6.45) is -4.23. The highest BCUT2D eigenvalue weighted by atomic mass is 35.5. The van der Waals surface area contributed by atoms with Crippen LogP contribution in [0.5, 0.6) is 0 Å². The first-order valence-corrected chi connectivity index (χ1v) is 12.9. The number of carbonyl (C=O) groups excluding carboxylic acids is 1. The van der Waals surface area contributed by atoms with Gasteiger partial charge >= 0.3 is 18.4 Å². The summed E-state index contributed by atoms with van der Waals surface area (Å²) in [7, 11) is 0. The maximum atomic E-state index is 14.4. The molecule has 2 aromatic heterocycles. The standard InChI is InChI=1S/C27H15ClF8N6O2/c28-16-2-1-10(30)5-13(16)21-19-17(38-23-12-6-11(31)7-15(27(34,35)36)14(12)9-37-40-23)8-18-22(20(19)24(43)39-21)42(25(32)33)26(44)41(18)4-3-29/h1-2,5-9,21,25H,3-4H2,(H,38,40)(H,39,43). The number of rotatable bonds is 6. The van der Waals surface area contributed by atoms with E-state index in [1.54, 1.807) is 0 Å². The average molecular weight is 643 g/mol. The third-order valence-electron chi connectivity index (χ3n) is 7.16. The van der Waals surface area contributed by atoms with Crippen LogP contribution in [0, 0.1) is 11.6 Å². The number of alkyl halides is 6. The first-order valence-electron chi connectivity index (χ1n) is 12.5. The van der Waals surface area contributed by atoms with Crippen LogP contribution in [0.3, 0.4) is 0 Å². The van der Waals surface area contributed by atoms with Crippen LogP contribution in [0.1, 0.15) is 39.6 Å². The summed E-state index contributed by atoms with van der Waals surface area (Å²) in [4.78, 5) is 26.4. The number of hydrogen-bond donors (Lipinski definition) is 2. The highest BCUT2D eigenvalue weighted by Crippen LogP contribution is 2.45. The number of nitrogens with zero attached hydrogens (tertiary/aromatic N) is 4. The molecule has 0 fully saturated rings. The van der Waals surface area contributed by atoms with Crippen molar-refractivity contribution in [2.75, 3.05) is 12.0 Å². The van der Waals surface area contributed by atoms with Crippen molar-refractivity contribution in [2.45, 2.75) is 25.3 Å². The van der Waals surface area contributed by atoms with Crippen LogP contribution in [0.2, 0.25) is 5.02 Å². The molecule has 5 aromatic rings. The largest absolute Gasteiger partial charge is 0.417 e. The van der Waals surface area contributed by atoms with Gasteiger partial charge in [0, 0.05) is 32.6 Å². The SMILES string of the molecule is O=C1NC(c2cc(F)ccc2Cl)c2c(Nc3nncc4c(C(F)(F)F)cc(F)cc34)cc3c(c21)n(C(F)F)c(=O)n3CCF. The summed E-state index contributed by atoms with van der Waals surface area (Å²) >= 11 is 6.30. The zero-order chi connectivity index (χ0) is 31.7. The van der Waals surface area contributed by atoms with Crippen LogP contribution in [0.25, 0.3) is 21.8 Å². The van der Waals surface area contributed by atoms with Crippen LogP contribution >= 0.6 is 11.6 Å². The van der Waals surface area contributed by atoms with E-state index in [1.807, 2.05) is 0 Å². The van der Waals surface area contributed by atoms with E-state index in [2.05, 4.69) is 20.8 Å². The van der Waals surface area contributed by atoms with Gasteiger partial charge in [-0.1, -0.05) is 11.6 Å². The topological polar surface area (TPSA) is 93.8 Å². The van der Waals surface area contributed by atoms with Gasteiger partial charge in [0.1, 0.15) is 18.3 Å². The van der Waals surface area contributed by atoms with Crippen LogP contribution in [-0.2, 0) is 12.7 Å². The van der Waals surface area contributed by atoms with Gasteiger partial charge in [0.05, 0.1) is 40.9 Å². The molecule has 0 radical (unpaired) electrons. The Morgan fingerprint density at radius 1 is 1.05 bits per heavy atom. The molecule has 3 aromatic carbocycles. The number of aryl methyl sites for hydroxylation is 1. The van der Waals surface area contributed by atoms with Crippen molar-refractivity contribution in [2.24, 2.45) is 0 Å². The summed E-state index contributed by atoms with van der Waals surface area (Å²) in [6.45, 7) is -5.34. The number of carbonyl (C=O) groups is 1. The van der Waals surface area contributed by atoms with Crippen molar-refractivity contribution in [3.05, 3.63) is 92.0 Å². The number of benzene rings is 3. The number of amides is 1. The molecule has 1 aliphatic rings. The van der Waals surface area contributed by atoms with E-state index >= 15 is 0 Å². The Hall–Kier alpha value is -4.73. The Morgan fingerprint density at radius 3 is 2.48 bits per heavy atom. The van der Waals surface area contributed by atoms with Gasteiger partial charge in [0.2, 0.25) is 0 Å². The summed E-state index contributed by atoms with van der Waals surface area (Å²) in [6, 6.07) is 3.91. The Labute approximate surface area is 244 Å². The molecule has 0 aliphatic carbocycles. The molecule has 6 rings (SSSR count). The van der Waals surface area contributed by atoms with E-state index in [-0.39, 0.29) is 38.0 Å². The highest BCUT2D eigenvalue weighted by Gasteiger charge is 2.39. The third kappa shape index (κ3) is 4.60. The molecule has 1 atom stereocenters. The van der Waals surface area contributed by atoms with Gasteiger partial charge < -0.3 is 10.6 Å². The van der Waals surface area contributed by atoms with Crippen LogP contribution in [0.4, 0.5) is 46.6 Å². The van der Waals surface area contributed by atoms with E-state index in [0.29, 0.717) is 4.57 Å². The number of anilines is 2. The minimum Gasteiger partial charge on any atom is -0.341 e. The van der Waals surface area contributed by atoms with Crippen molar-refractivity contribution in [3.63, 3.8) is 0 Å². The predicted molar refractivity (Wildman–Crippen MR) is 142 cm³/mol. The first kappa shape index (κ1) is 29.3. The van der Waals surface area contributed by atoms with Gasteiger partial charge in [-0.25, -0.2) is 22.5 Å². The molecule has 228 valence electrons. The van der Waals surface area contributed by atoms with Crippen molar-refractivity contribution in [1.29, 1.82) is 0 Å². The molecule has 8 nitrogen and oxygen atoms in total. The zero-order valence-electron chi connectivity index (χ0n) is 21.6. The van der Waals surface area contributed by atoms with Gasteiger partial charge in [0.25, 0.3) is 5.91 Å². The molecule has 1 amide bonds. The van der Waals surface area contributed by atoms with Gasteiger partial charge in [-0.3, -0.25) is 9.36 Å². The average Bonchev–Trinajstić information content (AvgIpc) is 3.43. The molecule has 2 N–H and O–H groups in total. The van der Waals surface area contributed by atoms with Crippen molar-refractivity contribution in [1.82, 2.24) is 24.6 Å². The summed E-state index contributed by atoms with van der Waals surface area (Å²) < 4.78 is 113. The molecular weight excluding hydrogens is 628 g/mol. The van der Waals surface area contributed by atoms with Crippen LogP contribution in [-0.4, -0.2) is 31.9 Å². The summed E-state index contributed by atoms with van der Waals surface area (Å²) in [5.41, 5.74) is -4.56. The van der Waals surface area contributed by atoms with Crippen LogP contribution < -0.4 is 16.3 Å². The predicted octanol–water partition coefficient (Wildman–Crippen LogP) is 6.64. The molecule has 44 heavy (non-hydrogen) atoms. The quantitative estimate of drug-likeness (QED) is 0.203. The third-order valence-corrected chi connectivity index (χ3v) is 7.50. The number of nitrogens with one attached hydrogen (secondary N) is 2. The minimum absolute atomic E-state index is 0.00848. The Bertz CT molecular complexity index is 2060. The Balaban J connectivity index is 1.70. The van der Waals surface area contributed by atoms with Crippen molar-refractivity contribution < 1.29 is 39.9 Å². The Kier molecular flexibility index (Phi) is 6.98. The number of aromatic nitrogens is 4. The number of hydrogen-bond acceptors (Lipinski definition) is 5. The van der Waals surface area contributed by atoms with Crippen molar-refractivity contribution >= 4 is 50.8 Å². The molecule has 0 saturated carbocycles. The zero-order valence-corrected chi connectivity index (χ0v) is 22.4. The molecule has 0 saturated heterocycles. The Morgan fingerprint density at radius 2 is 1.80 bits per heavy atom. The highest BCUT2D eigenvalue weighted by molar-refractivity contribution is 6.31. The fourth-order valence-electron chi connectivity index (χ4n) is 5.42. The molecule has 1 aliphatic heterocycles. The van der Waals surface area contributed by atoms with Gasteiger partial charge in [-0.15, -0.1) is 5.10 Å². The molecule has 0 spiro atoms. The van der Waals surface area contributed by atoms with Crippen LogP contribution in [0.15, 0.2) is 47.4 Å². The van der Waals surface area contributed by atoms with Crippen molar-refractivity contribution in [3.8, 4) is 0 Å². The van der Waals surface area contributed by atoms with Gasteiger partial charge in [0.15, 0.2) is 5.82 Å². The summed E-state index contributed by atoms with van der Waals surface area (Å²) in [5, 5.41) is 11.6. The number of halogens is 9. The monoisotopic (exact) mass is 642 g/mol. The second-order valence-electron chi connectivity index (χ2n) is 9.65. The second kappa shape index (κ2) is 10.5. The molecule has 1 unspecified atom stereocenters. The van der Waals surface area contributed by atoms with E-state index < -0.39 is 88.5 Å². The first-order chi connectivity index (χ1) is 20.8. The van der Waals surface area contributed by atoms with Gasteiger partial charge in [-0.2, -0.15) is 27.1 Å². The summed E-state index contributed by atoms with van der Waals surface area (Å²) in [5.74, 6) is -3.50. The van der Waals surface area contributed by atoms with E-state index in [1.165, 1.54) is 6.07 Å². The maximum Gasteiger partial charge on any atom is 0.417 e. The fourth-order valence-corrected chi connectivity index (χ4v) is 5.64. The number of fused-ring (bicyclic) bond motifs is 4. The fraction of sp³-hybridized carbons (Fsp3) is 0.185. The van der Waals surface area contributed by atoms with E-state index in [4.69, 9.17) is 11.6 Å². The molecule has 3 heterocycles. The lowest BCUT2D eigenvalue weighted by Crippen LogP contribution is -2.26. The lowest BCUT2D eigenvalue weighted by molar-refractivity contribution is -0.136. The molecule has 17 heteroatoms. The van der Waals surface area contributed by atoms with E-state index in [9.17, 15) is 44.7 Å². The normalized spacial score (nSPS) is 15.0. The molecular formula is C27H15ClF8N6O2. The molecule has 0 bridgehead atoms. The minimum atomic E-state index is -4.99. The van der Waals surface area contributed by atoms with Gasteiger partial charge in [-0.05, 0) is 36.4 Å². The second-order valence-corrected chi connectivity index (χ2v) is 10.1. The maximum absolute atomic E-state index is 14.4. The smallest absolute Gasteiger partial charge is 0.341 e. The lowest BCUT2D eigenvalue weighted by Gasteiger charge is -2.19. The number of imidazole rings is 1. The lowest BCUT2D eigenvalue weighted by atomic mass is 9.95. The van der Waals surface area contributed by atoms with E-state index in [0.717, 1.165) is 30.5 Å².